The molecule has 1 atom stereocenters. The first kappa shape index (κ1) is 20.0. The Morgan fingerprint density at radius 3 is 2.37 bits per heavy atom. The van der Waals surface area contributed by atoms with Crippen LogP contribution in [-0.2, 0) is 20.9 Å². The predicted molar refractivity (Wildman–Crippen MR) is 100.0 cm³/mol. The van der Waals surface area contributed by atoms with Gasteiger partial charge in [-0.05, 0) is 12.5 Å². The van der Waals surface area contributed by atoms with Crippen molar-refractivity contribution < 1.29 is 23.9 Å². The summed E-state index contributed by atoms with van der Waals surface area (Å²) in [5.41, 5.74) is 7.49. The molecule has 2 rings (SSSR count). The number of carbonyl (C=O) groups excluding carboxylic acids is 3. The highest BCUT2D eigenvalue weighted by Gasteiger charge is 2.23. The Hall–Kier alpha value is -3.35. The quantitative estimate of drug-likeness (QED) is 0.420. The summed E-state index contributed by atoms with van der Waals surface area (Å²) in [6.45, 7) is -0.0324. The summed E-state index contributed by atoms with van der Waals surface area (Å²) in [6.07, 6.45) is -0.612. The SMILES string of the molecule is COC(=O)C(CCC(=O)c1ccccc1)NC(=O)OCc1ccccc1N. The van der Waals surface area contributed by atoms with Gasteiger partial charge in [-0.15, -0.1) is 0 Å². The first-order chi connectivity index (χ1) is 13.0. The molecule has 0 aromatic heterocycles. The van der Waals surface area contributed by atoms with Gasteiger partial charge in [0, 0.05) is 23.2 Å². The Balaban J connectivity index is 1.89. The number of carbonyl (C=O) groups is 3. The highest BCUT2D eigenvalue weighted by molar-refractivity contribution is 5.96. The number of amides is 1. The number of nitrogens with one attached hydrogen (secondary N) is 1. The number of esters is 1. The van der Waals surface area contributed by atoms with Gasteiger partial charge in [0.2, 0.25) is 0 Å². The summed E-state index contributed by atoms with van der Waals surface area (Å²) < 4.78 is 9.80. The Morgan fingerprint density at radius 2 is 1.70 bits per heavy atom. The maximum Gasteiger partial charge on any atom is 0.408 e. The van der Waals surface area contributed by atoms with E-state index in [0.717, 1.165) is 0 Å². The molecule has 0 saturated carbocycles. The molecule has 0 heterocycles. The van der Waals surface area contributed by atoms with Crippen LogP contribution in [0.25, 0.3) is 0 Å². The second kappa shape index (κ2) is 9.96. The number of anilines is 1. The molecular weight excluding hydrogens is 348 g/mol. The van der Waals surface area contributed by atoms with E-state index >= 15 is 0 Å². The van der Waals surface area contributed by atoms with Crippen LogP contribution in [-0.4, -0.2) is 31.0 Å². The summed E-state index contributed by atoms with van der Waals surface area (Å²) >= 11 is 0. The molecule has 1 unspecified atom stereocenters. The minimum atomic E-state index is -0.983. The molecule has 7 nitrogen and oxygen atoms in total. The van der Waals surface area contributed by atoms with E-state index in [4.69, 9.17) is 15.2 Å². The zero-order valence-electron chi connectivity index (χ0n) is 15.0. The summed E-state index contributed by atoms with van der Waals surface area (Å²) in [6, 6.07) is 14.7. The monoisotopic (exact) mass is 370 g/mol. The van der Waals surface area contributed by atoms with Gasteiger partial charge in [0.05, 0.1) is 7.11 Å². The minimum absolute atomic E-state index is 0.0324. The molecule has 7 heteroatoms. The van der Waals surface area contributed by atoms with E-state index in [-0.39, 0.29) is 25.2 Å². The van der Waals surface area contributed by atoms with Gasteiger partial charge in [-0.25, -0.2) is 9.59 Å². The molecule has 142 valence electrons. The summed E-state index contributed by atoms with van der Waals surface area (Å²) in [4.78, 5) is 36.1. The molecule has 2 aromatic carbocycles. The van der Waals surface area contributed by atoms with E-state index in [0.29, 0.717) is 16.8 Å². The van der Waals surface area contributed by atoms with Gasteiger partial charge in [-0.2, -0.15) is 0 Å². The smallest absolute Gasteiger partial charge is 0.408 e. The Kier molecular flexibility index (Phi) is 7.37. The zero-order valence-corrected chi connectivity index (χ0v) is 15.0. The Morgan fingerprint density at radius 1 is 1.04 bits per heavy atom. The van der Waals surface area contributed by atoms with Crippen molar-refractivity contribution in [1.82, 2.24) is 5.32 Å². The molecule has 0 aliphatic heterocycles. The summed E-state index contributed by atoms with van der Waals surface area (Å²) in [5, 5.41) is 2.44. The number of nitrogen functional groups attached to an aromatic ring is 1. The standard InChI is InChI=1S/C20H22N2O5/c1-26-19(24)17(11-12-18(23)14-7-3-2-4-8-14)22-20(25)27-13-15-9-5-6-10-16(15)21/h2-10,17H,11-13,21H2,1H3,(H,22,25). The van der Waals surface area contributed by atoms with Gasteiger partial charge >= 0.3 is 12.1 Å². The third-order valence-corrected chi connectivity index (χ3v) is 3.95. The van der Waals surface area contributed by atoms with E-state index in [1.165, 1.54) is 7.11 Å². The Labute approximate surface area is 157 Å². The molecule has 27 heavy (non-hydrogen) atoms. The number of nitrogens with two attached hydrogens (primary N) is 1. The number of hydrogen-bond acceptors (Lipinski definition) is 6. The van der Waals surface area contributed by atoms with E-state index in [1.54, 1.807) is 48.5 Å². The molecule has 2 aromatic rings. The third kappa shape index (κ3) is 6.14. The number of alkyl carbamates (subject to hydrolysis) is 1. The highest BCUT2D eigenvalue weighted by Crippen LogP contribution is 2.12. The number of benzene rings is 2. The third-order valence-electron chi connectivity index (χ3n) is 3.95. The maximum atomic E-state index is 12.2. The largest absolute Gasteiger partial charge is 0.467 e. The van der Waals surface area contributed by atoms with Crippen LogP contribution in [0.2, 0.25) is 0 Å². The first-order valence-corrected chi connectivity index (χ1v) is 8.44. The lowest BCUT2D eigenvalue weighted by atomic mass is 10.0. The van der Waals surface area contributed by atoms with Gasteiger partial charge in [-0.1, -0.05) is 48.5 Å². The van der Waals surface area contributed by atoms with Crippen molar-refractivity contribution in [1.29, 1.82) is 0 Å². The van der Waals surface area contributed by atoms with Crippen LogP contribution < -0.4 is 11.1 Å². The van der Waals surface area contributed by atoms with Gasteiger partial charge < -0.3 is 20.5 Å². The van der Waals surface area contributed by atoms with E-state index in [9.17, 15) is 14.4 Å². The number of Topliss-reactive ketones (excluding diaryl/α,β-unsaturated/α-hetero) is 1. The van der Waals surface area contributed by atoms with Crippen LogP contribution in [0.4, 0.5) is 10.5 Å². The van der Waals surface area contributed by atoms with E-state index in [1.807, 2.05) is 6.07 Å². The molecule has 0 fully saturated rings. The van der Waals surface area contributed by atoms with Crippen molar-refractivity contribution in [3.05, 3.63) is 65.7 Å². The molecule has 0 saturated heterocycles. The van der Waals surface area contributed by atoms with Crippen LogP contribution in [0.1, 0.15) is 28.8 Å². The van der Waals surface area contributed by atoms with Crippen LogP contribution in [0, 0.1) is 0 Å². The molecule has 0 bridgehead atoms. The molecular formula is C20H22N2O5. The van der Waals surface area contributed by atoms with Crippen LogP contribution >= 0.6 is 0 Å². The lowest BCUT2D eigenvalue weighted by molar-refractivity contribution is -0.143. The fourth-order valence-corrected chi connectivity index (χ4v) is 2.43. The lowest BCUT2D eigenvalue weighted by Crippen LogP contribution is -2.42. The number of para-hydroxylation sites is 1. The summed E-state index contributed by atoms with van der Waals surface area (Å²) in [5.74, 6) is -0.774. The van der Waals surface area contributed by atoms with E-state index < -0.39 is 18.1 Å². The number of rotatable bonds is 8. The molecule has 1 amide bonds. The van der Waals surface area contributed by atoms with Crippen LogP contribution in [0.3, 0.4) is 0 Å². The van der Waals surface area contributed by atoms with Crippen molar-refractivity contribution in [2.75, 3.05) is 12.8 Å². The fourth-order valence-electron chi connectivity index (χ4n) is 2.43. The number of hydrogen-bond donors (Lipinski definition) is 2. The molecule has 3 N–H and O–H groups in total. The fraction of sp³-hybridized carbons (Fsp3) is 0.250. The van der Waals surface area contributed by atoms with Crippen LogP contribution in [0.15, 0.2) is 54.6 Å². The maximum absolute atomic E-state index is 12.2. The topological polar surface area (TPSA) is 108 Å². The Bertz CT molecular complexity index is 792. The van der Waals surface area contributed by atoms with E-state index in [2.05, 4.69) is 5.32 Å². The second-order valence-electron chi connectivity index (χ2n) is 5.82. The normalized spacial score (nSPS) is 11.3. The molecule has 0 spiro atoms. The number of ketones is 1. The van der Waals surface area contributed by atoms with Gasteiger partial charge in [0.15, 0.2) is 5.78 Å². The van der Waals surface area contributed by atoms with Gasteiger partial charge in [0.25, 0.3) is 0 Å². The van der Waals surface area contributed by atoms with Crippen molar-refractivity contribution in [2.24, 2.45) is 0 Å². The molecule has 0 radical (unpaired) electrons. The second-order valence-corrected chi connectivity index (χ2v) is 5.82. The van der Waals surface area contributed by atoms with Crippen molar-refractivity contribution >= 4 is 23.5 Å². The highest BCUT2D eigenvalue weighted by atomic mass is 16.6. The average Bonchev–Trinajstić information content (AvgIpc) is 2.70. The summed E-state index contributed by atoms with van der Waals surface area (Å²) in [7, 11) is 1.21. The lowest BCUT2D eigenvalue weighted by Gasteiger charge is -2.16. The number of methoxy groups -OCH3 is 1. The van der Waals surface area contributed by atoms with Crippen molar-refractivity contribution in [3.63, 3.8) is 0 Å². The van der Waals surface area contributed by atoms with Gasteiger partial charge in [0.1, 0.15) is 12.6 Å². The molecule has 0 aliphatic carbocycles. The van der Waals surface area contributed by atoms with Crippen molar-refractivity contribution in [3.8, 4) is 0 Å². The zero-order chi connectivity index (χ0) is 19.6. The predicted octanol–water partition coefficient (Wildman–Crippen LogP) is 2.70. The molecule has 0 aliphatic rings. The van der Waals surface area contributed by atoms with Crippen LogP contribution in [0.5, 0.6) is 0 Å². The average molecular weight is 370 g/mol. The number of ether oxygens (including phenoxy) is 2. The first-order valence-electron chi connectivity index (χ1n) is 8.44. The van der Waals surface area contributed by atoms with Crippen molar-refractivity contribution in [2.45, 2.75) is 25.5 Å². The minimum Gasteiger partial charge on any atom is -0.467 e. The van der Waals surface area contributed by atoms with Gasteiger partial charge in [-0.3, -0.25) is 4.79 Å².